The van der Waals surface area contributed by atoms with Gasteiger partial charge in [-0.25, -0.2) is 4.98 Å². The van der Waals surface area contributed by atoms with E-state index in [1.165, 1.54) is 15.3 Å². The van der Waals surface area contributed by atoms with E-state index < -0.39 is 0 Å². The molecule has 0 saturated carbocycles. The Morgan fingerprint density at radius 1 is 1.04 bits per heavy atom. The molecule has 0 fully saturated rings. The molecule has 0 aliphatic carbocycles. The maximum absolute atomic E-state index is 5.78. The topological polar surface area (TPSA) is 42.1 Å². The Morgan fingerprint density at radius 2 is 1.91 bits per heavy atom. The van der Waals surface area contributed by atoms with E-state index in [2.05, 4.69) is 57.7 Å². The molecule has 5 heteroatoms. The summed E-state index contributed by atoms with van der Waals surface area (Å²) in [5, 5.41) is 3.21. The normalized spacial score (nSPS) is 11.2. The molecule has 2 N–H and O–H groups in total. The van der Waals surface area contributed by atoms with Gasteiger partial charge in [0.25, 0.3) is 0 Å². The zero-order valence-corrected chi connectivity index (χ0v) is 14.7. The molecule has 3 rings (SSSR count). The van der Waals surface area contributed by atoms with E-state index in [1.54, 1.807) is 22.7 Å². The largest absolute Gasteiger partial charge is 0.329 e. The summed E-state index contributed by atoms with van der Waals surface area (Å²) in [5.41, 5.74) is 7.16. The fraction of sp³-hybridized carbons (Fsp3) is 0.278. The monoisotopic (exact) mass is 343 g/mol. The second-order valence-electron chi connectivity index (χ2n) is 5.41. The Kier molecular flexibility index (Phi) is 5.93. The van der Waals surface area contributed by atoms with Gasteiger partial charge in [-0.1, -0.05) is 36.4 Å². The van der Waals surface area contributed by atoms with Gasteiger partial charge in [0.05, 0.1) is 4.88 Å². The fourth-order valence-corrected chi connectivity index (χ4v) is 4.26. The first-order valence-electron chi connectivity index (χ1n) is 7.80. The van der Waals surface area contributed by atoms with Crippen molar-refractivity contribution in [3.8, 4) is 9.88 Å². The van der Waals surface area contributed by atoms with Crippen LogP contribution in [0.4, 0.5) is 0 Å². The summed E-state index contributed by atoms with van der Waals surface area (Å²) >= 11 is 3.52. The van der Waals surface area contributed by atoms with Crippen LogP contribution in [0.2, 0.25) is 0 Å². The number of nitrogens with two attached hydrogens (primary N) is 1. The average Bonchev–Trinajstić information content (AvgIpc) is 3.25. The Balaban J connectivity index is 1.60. The van der Waals surface area contributed by atoms with Gasteiger partial charge in [-0.3, -0.25) is 4.90 Å². The van der Waals surface area contributed by atoms with Crippen LogP contribution < -0.4 is 5.73 Å². The lowest BCUT2D eigenvalue weighted by Crippen LogP contribution is -2.30. The second-order valence-corrected chi connectivity index (χ2v) is 7.47. The molecule has 0 atom stereocenters. The van der Waals surface area contributed by atoms with Crippen LogP contribution in [0.15, 0.2) is 54.0 Å². The predicted octanol–water partition coefficient (Wildman–Crippen LogP) is 3.88. The molecule has 0 saturated heterocycles. The van der Waals surface area contributed by atoms with Gasteiger partial charge in [-0.2, -0.15) is 0 Å². The predicted molar refractivity (Wildman–Crippen MR) is 99.9 cm³/mol. The highest BCUT2D eigenvalue weighted by atomic mass is 32.1. The molecular weight excluding hydrogens is 322 g/mol. The number of aromatic nitrogens is 1. The molecule has 120 valence electrons. The molecule has 2 aromatic heterocycles. The van der Waals surface area contributed by atoms with Crippen molar-refractivity contribution in [3.05, 3.63) is 64.5 Å². The number of rotatable bonds is 8. The van der Waals surface area contributed by atoms with Crippen LogP contribution in [0.1, 0.15) is 10.4 Å². The first kappa shape index (κ1) is 16.3. The molecule has 23 heavy (non-hydrogen) atoms. The van der Waals surface area contributed by atoms with E-state index in [9.17, 15) is 0 Å². The molecule has 0 unspecified atom stereocenters. The van der Waals surface area contributed by atoms with E-state index in [0.29, 0.717) is 6.54 Å². The summed E-state index contributed by atoms with van der Waals surface area (Å²) < 4.78 is 0. The van der Waals surface area contributed by atoms with Gasteiger partial charge in [-0.15, -0.1) is 22.7 Å². The number of thiophene rings is 1. The van der Waals surface area contributed by atoms with Crippen molar-refractivity contribution >= 4 is 22.7 Å². The van der Waals surface area contributed by atoms with Crippen LogP contribution in [0.5, 0.6) is 0 Å². The van der Waals surface area contributed by atoms with Crippen LogP contribution in [-0.2, 0) is 13.0 Å². The molecule has 3 aromatic rings. The van der Waals surface area contributed by atoms with Crippen molar-refractivity contribution in [2.24, 2.45) is 5.73 Å². The fourth-order valence-electron chi connectivity index (χ4n) is 2.50. The zero-order valence-electron chi connectivity index (χ0n) is 13.0. The zero-order chi connectivity index (χ0) is 15.9. The molecule has 0 aliphatic heterocycles. The van der Waals surface area contributed by atoms with Crippen molar-refractivity contribution in [1.82, 2.24) is 9.88 Å². The summed E-state index contributed by atoms with van der Waals surface area (Å²) in [7, 11) is 0. The number of hydrogen-bond donors (Lipinski definition) is 1. The lowest BCUT2D eigenvalue weighted by molar-refractivity contribution is 0.278. The first-order valence-corrected chi connectivity index (χ1v) is 9.49. The Morgan fingerprint density at radius 3 is 2.65 bits per heavy atom. The summed E-state index contributed by atoms with van der Waals surface area (Å²) in [6.07, 6.45) is 3.06. The van der Waals surface area contributed by atoms with Gasteiger partial charge < -0.3 is 5.73 Å². The Hall–Kier alpha value is -1.53. The van der Waals surface area contributed by atoms with E-state index in [1.807, 2.05) is 6.20 Å². The standard InChI is InChI=1S/C18H21N3S2/c19-9-11-21(10-8-15-5-2-1-3-6-15)14-16-13-20-18(23-16)17-7-4-12-22-17/h1-7,12-13H,8-11,14,19H2. The Bertz CT molecular complexity index is 692. The van der Waals surface area contributed by atoms with Crippen molar-refractivity contribution in [2.45, 2.75) is 13.0 Å². The van der Waals surface area contributed by atoms with Gasteiger partial charge in [0.2, 0.25) is 0 Å². The maximum atomic E-state index is 5.78. The third-order valence-electron chi connectivity index (χ3n) is 3.67. The minimum atomic E-state index is 0.686. The number of nitrogens with zero attached hydrogens (tertiary/aromatic N) is 2. The minimum absolute atomic E-state index is 0.686. The van der Waals surface area contributed by atoms with Gasteiger partial charge in [0.1, 0.15) is 5.01 Å². The third kappa shape index (κ3) is 4.72. The molecule has 0 spiro atoms. The van der Waals surface area contributed by atoms with Crippen LogP contribution in [0.3, 0.4) is 0 Å². The highest BCUT2D eigenvalue weighted by Gasteiger charge is 2.10. The van der Waals surface area contributed by atoms with E-state index in [0.717, 1.165) is 31.1 Å². The van der Waals surface area contributed by atoms with Crippen molar-refractivity contribution in [2.75, 3.05) is 19.6 Å². The summed E-state index contributed by atoms with van der Waals surface area (Å²) in [5.74, 6) is 0. The van der Waals surface area contributed by atoms with Crippen LogP contribution >= 0.6 is 22.7 Å². The molecule has 2 heterocycles. The maximum Gasteiger partial charge on any atom is 0.133 e. The number of hydrogen-bond acceptors (Lipinski definition) is 5. The van der Waals surface area contributed by atoms with E-state index >= 15 is 0 Å². The van der Waals surface area contributed by atoms with Gasteiger partial charge in [0.15, 0.2) is 0 Å². The van der Waals surface area contributed by atoms with Crippen molar-refractivity contribution < 1.29 is 0 Å². The molecular formula is C18H21N3S2. The number of benzene rings is 1. The smallest absolute Gasteiger partial charge is 0.133 e. The highest BCUT2D eigenvalue weighted by molar-refractivity contribution is 7.20. The molecule has 0 amide bonds. The van der Waals surface area contributed by atoms with Gasteiger partial charge in [-0.05, 0) is 23.4 Å². The summed E-state index contributed by atoms with van der Waals surface area (Å²) in [4.78, 5) is 9.52. The molecule has 1 aromatic carbocycles. The second kappa shape index (κ2) is 8.36. The quantitative estimate of drug-likeness (QED) is 0.675. The Labute approximate surface area is 145 Å². The average molecular weight is 344 g/mol. The third-order valence-corrected chi connectivity index (χ3v) is 5.69. The highest BCUT2D eigenvalue weighted by Crippen LogP contribution is 2.29. The first-order chi connectivity index (χ1) is 11.3. The van der Waals surface area contributed by atoms with Crippen LogP contribution in [0, 0.1) is 0 Å². The number of thiazole rings is 1. The summed E-state index contributed by atoms with van der Waals surface area (Å²) in [6.45, 7) is 3.55. The molecule has 0 bridgehead atoms. The minimum Gasteiger partial charge on any atom is -0.329 e. The SMILES string of the molecule is NCCN(CCc1ccccc1)Cc1cnc(-c2cccs2)s1. The van der Waals surface area contributed by atoms with Gasteiger partial charge >= 0.3 is 0 Å². The van der Waals surface area contributed by atoms with Crippen LogP contribution in [-0.4, -0.2) is 29.5 Å². The van der Waals surface area contributed by atoms with E-state index in [-0.39, 0.29) is 0 Å². The van der Waals surface area contributed by atoms with Crippen LogP contribution in [0.25, 0.3) is 9.88 Å². The van der Waals surface area contributed by atoms with E-state index in [4.69, 9.17) is 5.73 Å². The van der Waals surface area contributed by atoms with Gasteiger partial charge in [0, 0.05) is 37.3 Å². The molecule has 0 aliphatic rings. The molecule has 3 nitrogen and oxygen atoms in total. The van der Waals surface area contributed by atoms with Crippen molar-refractivity contribution in [1.29, 1.82) is 0 Å². The molecule has 0 radical (unpaired) electrons. The summed E-state index contributed by atoms with van der Waals surface area (Å²) in [6, 6.07) is 14.8. The lowest BCUT2D eigenvalue weighted by atomic mass is 10.1. The lowest BCUT2D eigenvalue weighted by Gasteiger charge is -2.20. The van der Waals surface area contributed by atoms with Crippen molar-refractivity contribution in [3.63, 3.8) is 0 Å².